The van der Waals surface area contributed by atoms with Crippen LogP contribution in [0.1, 0.15) is 22.3 Å². The third kappa shape index (κ3) is 5.28. The van der Waals surface area contributed by atoms with Crippen LogP contribution in [0.15, 0.2) is 54.6 Å². The van der Waals surface area contributed by atoms with E-state index in [0.29, 0.717) is 70.9 Å². The highest BCUT2D eigenvalue weighted by Crippen LogP contribution is 2.26. The fraction of sp³-hybridized carbons (Fsp3) is 0.393. The molecule has 2 fully saturated rings. The number of amides is 2. The number of pyridine rings is 1. The lowest BCUT2D eigenvalue weighted by Gasteiger charge is -2.36. The lowest BCUT2D eigenvalue weighted by atomic mass is 10.1. The maximum absolute atomic E-state index is 13.4. The second kappa shape index (κ2) is 11.0. The van der Waals surface area contributed by atoms with Gasteiger partial charge in [-0.15, -0.1) is 0 Å². The van der Waals surface area contributed by atoms with Crippen molar-refractivity contribution in [3.05, 3.63) is 65.7 Å². The van der Waals surface area contributed by atoms with E-state index in [4.69, 9.17) is 14.5 Å². The van der Waals surface area contributed by atoms with Crippen molar-refractivity contribution in [3.8, 4) is 5.75 Å². The summed E-state index contributed by atoms with van der Waals surface area (Å²) in [5.74, 6) is 1.79. The third-order valence-electron chi connectivity index (χ3n) is 6.97. The number of hydrogen-bond acceptors (Lipinski definition) is 6. The molecule has 0 bridgehead atoms. The van der Waals surface area contributed by atoms with Crippen LogP contribution in [0.4, 0.5) is 5.82 Å². The van der Waals surface area contributed by atoms with Gasteiger partial charge in [0.05, 0.1) is 31.4 Å². The zero-order valence-electron chi connectivity index (χ0n) is 20.7. The molecule has 8 nitrogen and oxygen atoms in total. The van der Waals surface area contributed by atoms with Crippen LogP contribution in [0.5, 0.6) is 5.75 Å². The topological polar surface area (TPSA) is 75.2 Å². The molecule has 0 spiro atoms. The van der Waals surface area contributed by atoms with Crippen LogP contribution >= 0.6 is 0 Å². The van der Waals surface area contributed by atoms with Crippen LogP contribution in [0.2, 0.25) is 0 Å². The monoisotopic (exact) mass is 488 g/mol. The molecule has 0 radical (unpaired) electrons. The van der Waals surface area contributed by atoms with E-state index >= 15 is 0 Å². The van der Waals surface area contributed by atoms with E-state index in [1.807, 2.05) is 64.4 Å². The first-order chi connectivity index (χ1) is 17.6. The van der Waals surface area contributed by atoms with E-state index in [1.165, 1.54) is 0 Å². The third-order valence-corrected chi connectivity index (χ3v) is 6.97. The number of benzene rings is 2. The highest BCUT2D eigenvalue weighted by atomic mass is 16.5. The number of para-hydroxylation sites is 1. The van der Waals surface area contributed by atoms with Gasteiger partial charge >= 0.3 is 0 Å². The minimum atomic E-state index is 0.0190. The summed E-state index contributed by atoms with van der Waals surface area (Å²) in [5, 5.41) is 0.866. The minimum Gasteiger partial charge on any atom is -0.497 e. The Morgan fingerprint density at radius 1 is 0.917 bits per heavy atom. The number of nitrogens with zero attached hydrogens (tertiary/aromatic N) is 4. The quantitative estimate of drug-likeness (QED) is 0.531. The molecule has 2 aliphatic heterocycles. The largest absolute Gasteiger partial charge is 0.497 e. The number of aromatic nitrogens is 1. The molecule has 188 valence electrons. The maximum atomic E-state index is 13.4. The van der Waals surface area contributed by atoms with E-state index in [0.717, 1.165) is 28.0 Å². The Balaban J connectivity index is 1.25. The Bertz CT molecular complexity index is 1220. The van der Waals surface area contributed by atoms with Crippen molar-refractivity contribution in [1.29, 1.82) is 0 Å². The molecule has 0 saturated carbocycles. The maximum Gasteiger partial charge on any atom is 0.254 e. The normalized spacial score (nSPS) is 16.3. The molecule has 2 aliphatic rings. The van der Waals surface area contributed by atoms with Gasteiger partial charge in [0.25, 0.3) is 5.91 Å². The summed E-state index contributed by atoms with van der Waals surface area (Å²) in [5.41, 5.74) is 2.61. The molecule has 8 heteroatoms. The summed E-state index contributed by atoms with van der Waals surface area (Å²) in [4.78, 5) is 37.0. The Morgan fingerprint density at radius 3 is 2.36 bits per heavy atom. The van der Waals surface area contributed by atoms with Crippen molar-refractivity contribution in [2.24, 2.45) is 0 Å². The first-order valence-corrected chi connectivity index (χ1v) is 12.5. The lowest BCUT2D eigenvalue weighted by Crippen LogP contribution is -2.49. The number of methoxy groups -OCH3 is 1. The summed E-state index contributed by atoms with van der Waals surface area (Å²) < 4.78 is 10.6. The van der Waals surface area contributed by atoms with Crippen LogP contribution in [-0.2, 0) is 16.0 Å². The fourth-order valence-electron chi connectivity index (χ4n) is 4.82. The average Bonchev–Trinajstić information content (AvgIpc) is 2.95. The molecule has 0 aliphatic carbocycles. The van der Waals surface area contributed by atoms with Crippen LogP contribution < -0.4 is 9.64 Å². The number of hydrogen-bond donors (Lipinski definition) is 0. The highest BCUT2D eigenvalue weighted by Gasteiger charge is 2.25. The molecule has 3 heterocycles. The van der Waals surface area contributed by atoms with Gasteiger partial charge in [-0.05, 0) is 36.2 Å². The average molecular weight is 489 g/mol. The molecule has 2 aromatic carbocycles. The van der Waals surface area contributed by atoms with Gasteiger partial charge in [-0.25, -0.2) is 4.98 Å². The number of aryl methyl sites for hydroxylation is 1. The molecule has 1 aromatic heterocycles. The number of piperazine rings is 1. The van der Waals surface area contributed by atoms with Gasteiger partial charge in [0.2, 0.25) is 5.91 Å². The second-order valence-corrected chi connectivity index (χ2v) is 9.17. The van der Waals surface area contributed by atoms with Crippen LogP contribution in [-0.4, -0.2) is 86.2 Å². The Kier molecular flexibility index (Phi) is 7.32. The van der Waals surface area contributed by atoms with Gasteiger partial charge in [-0.1, -0.05) is 30.3 Å². The Labute approximate surface area is 211 Å². The predicted molar refractivity (Wildman–Crippen MR) is 139 cm³/mol. The molecule has 0 unspecified atom stereocenters. The highest BCUT2D eigenvalue weighted by molar-refractivity contribution is 6.07. The number of ether oxygens (including phenoxy) is 2. The van der Waals surface area contributed by atoms with E-state index in [1.54, 1.807) is 7.11 Å². The lowest BCUT2D eigenvalue weighted by molar-refractivity contribution is -0.131. The Hall–Kier alpha value is -3.65. The van der Waals surface area contributed by atoms with Gasteiger partial charge in [-0.3, -0.25) is 9.59 Å². The van der Waals surface area contributed by atoms with Crippen molar-refractivity contribution in [1.82, 2.24) is 14.8 Å². The second-order valence-electron chi connectivity index (χ2n) is 9.17. The zero-order valence-corrected chi connectivity index (χ0v) is 20.7. The molecule has 2 saturated heterocycles. The number of carbonyl (C=O) groups is 2. The molecule has 3 aromatic rings. The number of carbonyl (C=O) groups excluding carboxylic acids is 2. The van der Waals surface area contributed by atoms with Crippen LogP contribution in [0.3, 0.4) is 0 Å². The molecule has 0 N–H and O–H groups in total. The first-order valence-electron chi connectivity index (χ1n) is 12.5. The van der Waals surface area contributed by atoms with Gasteiger partial charge in [0.15, 0.2) is 0 Å². The van der Waals surface area contributed by atoms with Gasteiger partial charge in [0, 0.05) is 51.1 Å². The van der Waals surface area contributed by atoms with Crippen molar-refractivity contribution in [2.75, 3.05) is 64.5 Å². The SMILES string of the molecule is COc1ccc(CCC(=O)N2CCN(c3cc(C(=O)N4CCOCC4)c4ccccc4n3)CC2)cc1. The van der Waals surface area contributed by atoms with Crippen molar-refractivity contribution >= 4 is 28.5 Å². The van der Waals surface area contributed by atoms with Gasteiger partial charge in [-0.2, -0.15) is 0 Å². The zero-order chi connectivity index (χ0) is 24.9. The number of anilines is 1. The van der Waals surface area contributed by atoms with E-state index < -0.39 is 0 Å². The van der Waals surface area contributed by atoms with E-state index in [-0.39, 0.29) is 11.8 Å². The minimum absolute atomic E-state index is 0.0190. The summed E-state index contributed by atoms with van der Waals surface area (Å²) in [7, 11) is 1.65. The van der Waals surface area contributed by atoms with Crippen molar-refractivity contribution < 1.29 is 19.1 Å². The Morgan fingerprint density at radius 2 is 1.64 bits per heavy atom. The smallest absolute Gasteiger partial charge is 0.254 e. The van der Waals surface area contributed by atoms with Crippen LogP contribution in [0.25, 0.3) is 10.9 Å². The fourth-order valence-corrected chi connectivity index (χ4v) is 4.82. The van der Waals surface area contributed by atoms with E-state index in [9.17, 15) is 9.59 Å². The summed E-state index contributed by atoms with van der Waals surface area (Å²) in [6.07, 6.45) is 1.20. The molecular formula is C28H32N4O4. The number of rotatable bonds is 6. The standard InChI is InChI=1S/C28H32N4O4/c1-35-22-9-6-21(7-10-22)8-11-27(33)31-14-12-30(13-15-31)26-20-24(23-4-2-3-5-25(23)29-26)28(34)32-16-18-36-19-17-32/h2-7,9-10,20H,8,11-19H2,1H3. The molecule has 36 heavy (non-hydrogen) atoms. The number of fused-ring (bicyclic) bond motifs is 1. The number of morpholine rings is 1. The van der Waals surface area contributed by atoms with Crippen LogP contribution in [0, 0.1) is 0 Å². The summed E-state index contributed by atoms with van der Waals surface area (Å²) in [6.45, 7) is 4.98. The molecule has 0 atom stereocenters. The van der Waals surface area contributed by atoms with Gasteiger partial charge in [0.1, 0.15) is 11.6 Å². The molecular weight excluding hydrogens is 456 g/mol. The van der Waals surface area contributed by atoms with Crippen molar-refractivity contribution in [3.63, 3.8) is 0 Å². The first kappa shape index (κ1) is 24.1. The van der Waals surface area contributed by atoms with Gasteiger partial charge < -0.3 is 24.2 Å². The summed E-state index contributed by atoms with van der Waals surface area (Å²) >= 11 is 0. The van der Waals surface area contributed by atoms with E-state index in [2.05, 4.69) is 4.90 Å². The summed E-state index contributed by atoms with van der Waals surface area (Å²) in [6, 6.07) is 17.6. The molecule has 5 rings (SSSR count). The van der Waals surface area contributed by atoms with Crippen molar-refractivity contribution in [2.45, 2.75) is 12.8 Å². The molecule has 2 amide bonds. The predicted octanol–water partition coefficient (Wildman–Crippen LogP) is 3.00.